The Morgan fingerprint density at radius 3 is 2.65 bits per heavy atom. The molecule has 9 nitrogen and oxygen atoms in total. The fourth-order valence-electron chi connectivity index (χ4n) is 1.23. The molecule has 0 bridgehead atoms. The van der Waals surface area contributed by atoms with Crippen molar-refractivity contribution in [3.05, 3.63) is 39.0 Å². The highest BCUT2D eigenvalue weighted by Gasteiger charge is 2.25. The third-order valence-electron chi connectivity index (χ3n) is 2.07. The van der Waals surface area contributed by atoms with Crippen LogP contribution < -0.4 is 10.3 Å². The van der Waals surface area contributed by atoms with Gasteiger partial charge in [-0.25, -0.2) is 18.3 Å². The lowest BCUT2D eigenvalue weighted by Gasteiger charge is -2.04. The number of aromatic carboxylic acids is 1. The van der Waals surface area contributed by atoms with Gasteiger partial charge in [-0.2, -0.15) is 5.10 Å². The average molecular weight is 364 g/mol. The zero-order chi connectivity index (χ0) is 14.9. The van der Waals surface area contributed by atoms with Gasteiger partial charge in [0, 0.05) is 12.1 Å². The van der Waals surface area contributed by atoms with Gasteiger partial charge in [0.05, 0.1) is 0 Å². The zero-order valence-electron chi connectivity index (χ0n) is 9.45. The van der Waals surface area contributed by atoms with Crippen LogP contribution in [0.5, 0.6) is 0 Å². The van der Waals surface area contributed by atoms with E-state index in [9.17, 15) is 18.0 Å². The Kier molecular flexibility index (Phi) is 3.63. The fourth-order valence-corrected chi connectivity index (χ4v) is 3.18. The summed E-state index contributed by atoms with van der Waals surface area (Å²) in [6, 6.07) is 3.08. The number of H-pyrrole nitrogens is 1. The standard InChI is InChI=1S/C9H6BrN3O6S/c10-8-5(3-4(19-8)9(15)16)20(17,18)13-6-1-2-7(14)12-11-6/h1-3H,(H,11,13)(H,12,14)(H,15,16). The van der Waals surface area contributed by atoms with E-state index in [1.165, 1.54) is 0 Å². The van der Waals surface area contributed by atoms with Crippen LogP contribution in [0.25, 0.3) is 0 Å². The molecule has 2 aromatic rings. The summed E-state index contributed by atoms with van der Waals surface area (Å²) in [6.07, 6.45) is 0. The second-order valence-corrected chi connectivity index (χ2v) is 5.84. The Hall–Kier alpha value is -2.14. The summed E-state index contributed by atoms with van der Waals surface area (Å²) in [5.41, 5.74) is -0.495. The second kappa shape index (κ2) is 5.09. The van der Waals surface area contributed by atoms with Crippen molar-refractivity contribution in [2.45, 2.75) is 4.90 Å². The lowest BCUT2D eigenvalue weighted by atomic mass is 10.5. The maximum absolute atomic E-state index is 12.0. The van der Waals surface area contributed by atoms with Crippen LogP contribution in [0.2, 0.25) is 0 Å². The summed E-state index contributed by atoms with van der Waals surface area (Å²) in [5.74, 6) is -2.07. The second-order valence-electron chi connectivity index (χ2n) is 3.47. The van der Waals surface area contributed by atoms with Crippen molar-refractivity contribution in [2.24, 2.45) is 0 Å². The molecule has 0 radical (unpaired) electrons. The lowest BCUT2D eigenvalue weighted by molar-refractivity contribution is 0.0661. The van der Waals surface area contributed by atoms with Crippen molar-refractivity contribution in [3.63, 3.8) is 0 Å². The van der Waals surface area contributed by atoms with Gasteiger partial charge in [-0.3, -0.25) is 9.52 Å². The number of nitrogens with one attached hydrogen (secondary N) is 2. The molecule has 0 amide bonds. The van der Waals surface area contributed by atoms with Gasteiger partial charge in [0.15, 0.2) is 10.5 Å². The number of aromatic nitrogens is 2. The molecule has 106 valence electrons. The van der Waals surface area contributed by atoms with Gasteiger partial charge >= 0.3 is 5.97 Å². The van der Waals surface area contributed by atoms with Crippen molar-refractivity contribution in [1.29, 1.82) is 0 Å². The smallest absolute Gasteiger partial charge is 0.371 e. The summed E-state index contributed by atoms with van der Waals surface area (Å²) in [7, 11) is -4.11. The fraction of sp³-hybridized carbons (Fsp3) is 0. The monoisotopic (exact) mass is 363 g/mol. The van der Waals surface area contributed by atoms with Gasteiger partial charge < -0.3 is 9.52 Å². The van der Waals surface area contributed by atoms with Crippen LogP contribution in [-0.2, 0) is 10.0 Å². The van der Waals surface area contributed by atoms with E-state index in [0.29, 0.717) is 0 Å². The summed E-state index contributed by atoms with van der Waals surface area (Å²) in [5, 5.41) is 14.2. The molecule has 2 aromatic heterocycles. The molecule has 0 aliphatic rings. The van der Waals surface area contributed by atoms with Gasteiger partial charge in [-0.15, -0.1) is 0 Å². The van der Waals surface area contributed by atoms with Crippen molar-refractivity contribution >= 4 is 37.7 Å². The number of sulfonamides is 1. The van der Waals surface area contributed by atoms with Crippen LogP contribution in [0.15, 0.2) is 37.0 Å². The van der Waals surface area contributed by atoms with E-state index < -0.39 is 32.2 Å². The number of anilines is 1. The number of hydrogen-bond donors (Lipinski definition) is 3. The van der Waals surface area contributed by atoms with Gasteiger partial charge in [0.25, 0.3) is 15.6 Å². The summed E-state index contributed by atoms with van der Waals surface area (Å²) in [4.78, 5) is 21.1. The molecule has 20 heavy (non-hydrogen) atoms. The first-order valence-electron chi connectivity index (χ1n) is 4.91. The van der Waals surface area contributed by atoms with E-state index in [0.717, 1.165) is 18.2 Å². The van der Waals surface area contributed by atoms with Crippen LogP contribution in [0, 0.1) is 0 Å². The topological polar surface area (TPSA) is 142 Å². The number of nitrogens with zero attached hydrogens (tertiary/aromatic N) is 1. The molecule has 2 rings (SSSR count). The first-order valence-corrected chi connectivity index (χ1v) is 7.18. The summed E-state index contributed by atoms with van der Waals surface area (Å²) < 4.78 is 30.6. The highest BCUT2D eigenvalue weighted by molar-refractivity contribution is 9.10. The number of hydrogen-bond acceptors (Lipinski definition) is 6. The van der Waals surface area contributed by atoms with Crippen molar-refractivity contribution in [2.75, 3.05) is 4.72 Å². The molecule has 3 N–H and O–H groups in total. The molecule has 0 aromatic carbocycles. The Morgan fingerprint density at radius 2 is 2.15 bits per heavy atom. The minimum absolute atomic E-state index is 0.130. The lowest BCUT2D eigenvalue weighted by Crippen LogP contribution is -2.16. The molecule has 11 heteroatoms. The van der Waals surface area contributed by atoms with Crippen molar-refractivity contribution in [3.8, 4) is 0 Å². The maximum Gasteiger partial charge on any atom is 0.371 e. The highest BCUT2D eigenvalue weighted by atomic mass is 79.9. The third kappa shape index (κ3) is 2.88. The van der Waals surface area contributed by atoms with Crippen molar-refractivity contribution < 1.29 is 22.7 Å². The minimum atomic E-state index is -4.11. The van der Waals surface area contributed by atoms with E-state index >= 15 is 0 Å². The van der Waals surface area contributed by atoms with E-state index in [2.05, 4.69) is 30.8 Å². The number of carboxylic acids is 1. The number of rotatable bonds is 4. The molecular formula is C9H6BrN3O6S. The number of carbonyl (C=O) groups is 1. The highest BCUT2D eigenvalue weighted by Crippen LogP contribution is 2.27. The van der Waals surface area contributed by atoms with Crippen LogP contribution in [0.1, 0.15) is 10.6 Å². The van der Waals surface area contributed by atoms with E-state index in [1.807, 2.05) is 0 Å². The first kappa shape index (κ1) is 14.3. The Morgan fingerprint density at radius 1 is 1.45 bits per heavy atom. The molecule has 0 spiro atoms. The molecule has 0 atom stereocenters. The van der Waals surface area contributed by atoms with E-state index in [4.69, 9.17) is 9.52 Å². The maximum atomic E-state index is 12.0. The van der Waals surface area contributed by atoms with Crippen LogP contribution in [-0.4, -0.2) is 29.7 Å². The third-order valence-corrected chi connectivity index (χ3v) is 4.29. The molecule has 0 fully saturated rings. The van der Waals surface area contributed by atoms with Crippen LogP contribution in [0.4, 0.5) is 5.82 Å². The quantitative estimate of drug-likeness (QED) is 0.722. The van der Waals surface area contributed by atoms with Crippen molar-refractivity contribution in [1.82, 2.24) is 10.2 Å². The molecule has 0 aliphatic heterocycles. The molecule has 0 aliphatic carbocycles. The Balaban J connectivity index is 2.37. The molecule has 2 heterocycles. The normalized spacial score (nSPS) is 11.2. The molecule has 0 saturated carbocycles. The largest absolute Gasteiger partial charge is 0.475 e. The van der Waals surface area contributed by atoms with Gasteiger partial charge in [-0.05, 0) is 22.0 Å². The Labute approximate surface area is 119 Å². The summed E-state index contributed by atoms with van der Waals surface area (Å²) >= 11 is 2.82. The van der Waals surface area contributed by atoms with E-state index in [-0.39, 0.29) is 10.5 Å². The predicted molar refractivity (Wildman–Crippen MR) is 69.0 cm³/mol. The predicted octanol–water partition coefficient (Wildman–Crippen LogP) is 0.624. The minimum Gasteiger partial charge on any atom is -0.475 e. The molecular weight excluding hydrogens is 358 g/mol. The molecule has 0 unspecified atom stereocenters. The van der Waals surface area contributed by atoms with Crippen LogP contribution in [0.3, 0.4) is 0 Å². The van der Waals surface area contributed by atoms with Crippen LogP contribution >= 0.6 is 15.9 Å². The molecule has 0 saturated heterocycles. The Bertz CT molecular complexity index is 804. The zero-order valence-corrected chi connectivity index (χ0v) is 11.9. The number of halogens is 1. The number of furan rings is 1. The van der Waals surface area contributed by atoms with Gasteiger partial charge in [0.2, 0.25) is 5.76 Å². The van der Waals surface area contributed by atoms with Gasteiger partial charge in [0.1, 0.15) is 4.90 Å². The summed E-state index contributed by atoms with van der Waals surface area (Å²) in [6.45, 7) is 0. The average Bonchev–Trinajstić information content (AvgIpc) is 2.75. The number of aromatic amines is 1. The van der Waals surface area contributed by atoms with Gasteiger partial charge in [-0.1, -0.05) is 0 Å². The number of carboxylic acid groups (broad SMARTS) is 1. The first-order chi connectivity index (χ1) is 9.29. The van der Waals surface area contributed by atoms with E-state index in [1.54, 1.807) is 0 Å². The SMILES string of the molecule is O=C(O)c1cc(S(=O)(=O)Nc2ccc(=O)[nH]n2)c(Br)o1.